The van der Waals surface area contributed by atoms with Crippen LogP contribution in [0.25, 0.3) is 11.3 Å². The van der Waals surface area contributed by atoms with Gasteiger partial charge in [0.1, 0.15) is 5.82 Å². The lowest BCUT2D eigenvalue weighted by Crippen LogP contribution is -2.17. The van der Waals surface area contributed by atoms with Gasteiger partial charge in [0, 0.05) is 28.8 Å². The van der Waals surface area contributed by atoms with Gasteiger partial charge < -0.3 is 5.32 Å². The molecule has 0 aliphatic rings. The van der Waals surface area contributed by atoms with Crippen LogP contribution in [0.15, 0.2) is 36.8 Å². The van der Waals surface area contributed by atoms with Crippen molar-refractivity contribution in [3.05, 3.63) is 41.7 Å². The summed E-state index contributed by atoms with van der Waals surface area (Å²) in [6.45, 7) is 5.71. The van der Waals surface area contributed by atoms with Gasteiger partial charge in [-0.3, -0.25) is 4.79 Å². The molecule has 23 heavy (non-hydrogen) atoms. The largest absolute Gasteiger partial charge is 0.316 e. The Morgan fingerprint density at radius 1 is 1.35 bits per heavy atom. The number of anilines is 2. The zero-order chi connectivity index (χ0) is 16.4. The average Bonchev–Trinajstić information content (AvgIpc) is 3.14. The minimum atomic E-state index is -0.0966. The van der Waals surface area contributed by atoms with Crippen LogP contribution < -0.4 is 5.32 Å². The fourth-order valence-corrected chi connectivity index (χ4v) is 2.94. The second-order valence-corrected chi connectivity index (χ2v) is 6.63. The number of nitrogens with one attached hydrogen (secondary N) is 1. The number of hydrogen-bond acceptors (Lipinski definition) is 6. The fourth-order valence-electron chi connectivity index (χ4n) is 2.09. The molecule has 3 aromatic heterocycles. The fraction of sp³-hybridized carbons (Fsp3) is 0.250. The van der Waals surface area contributed by atoms with E-state index < -0.39 is 0 Å². The van der Waals surface area contributed by atoms with Crippen LogP contribution in [0, 0.1) is 12.8 Å². The molecular weight excluding hydrogens is 310 g/mol. The molecule has 3 heterocycles. The molecule has 0 spiro atoms. The summed E-state index contributed by atoms with van der Waals surface area (Å²) in [5, 5.41) is 8.10. The van der Waals surface area contributed by atoms with Crippen LogP contribution in [0.5, 0.6) is 0 Å². The molecule has 3 rings (SSSR count). The van der Waals surface area contributed by atoms with Crippen LogP contribution in [0.4, 0.5) is 10.9 Å². The molecule has 0 amide bonds. The summed E-state index contributed by atoms with van der Waals surface area (Å²) >= 11 is 1.54. The zero-order valence-electron chi connectivity index (χ0n) is 13.1. The van der Waals surface area contributed by atoms with Crippen LogP contribution in [0.1, 0.15) is 23.5 Å². The summed E-state index contributed by atoms with van der Waals surface area (Å²) in [5.41, 5.74) is 1.66. The van der Waals surface area contributed by atoms with Crippen LogP contribution in [0.3, 0.4) is 0 Å². The monoisotopic (exact) mass is 327 g/mol. The lowest BCUT2D eigenvalue weighted by atomic mass is 10.2. The van der Waals surface area contributed by atoms with Crippen molar-refractivity contribution in [1.29, 1.82) is 0 Å². The molecule has 0 saturated carbocycles. The number of aryl methyl sites for hydroxylation is 1. The second kappa shape index (κ2) is 6.29. The minimum Gasteiger partial charge on any atom is -0.316 e. The van der Waals surface area contributed by atoms with E-state index in [4.69, 9.17) is 0 Å². The van der Waals surface area contributed by atoms with Gasteiger partial charge in [0.2, 0.25) is 5.91 Å². The predicted molar refractivity (Wildman–Crippen MR) is 91.1 cm³/mol. The number of carbonyl (C=O) groups excluding carboxylic acids is 1. The highest BCUT2D eigenvalue weighted by Crippen LogP contribution is 2.31. The Morgan fingerprint density at radius 3 is 2.87 bits per heavy atom. The van der Waals surface area contributed by atoms with E-state index in [1.165, 1.54) is 4.68 Å². The van der Waals surface area contributed by atoms with Crippen molar-refractivity contribution in [2.75, 3.05) is 5.32 Å². The van der Waals surface area contributed by atoms with Crippen molar-refractivity contribution >= 4 is 28.2 Å². The first kappa shape index (κ1) is 15.4. The zero-order valence-corrected chi connectivity index (χ0v) is 14.0. The third kappa shape index (κ3) is 3.29. The Labute approximate surface area is 138 Å². The first-order chi connectivity index (χ1) is 11.0. The van der Waals surface area contributed by atoms with Crippen molar-refractivity contribution in [3.8, 4) is 11.3 Å². The van der Waals surface area contributed by atoms with Crippen molar-refractivity contribution in [2.45, 2.75) is 20.8 Å². The van der Waals surface area contributed by atoms with Crippen molar-refractivity contribution in [1.82, 2.24) is 19.7 Å². The molecule has 0 aliphatic heterocycles. The van der Waals surface area contributed by atoms with Gasteiger partial charge in [-0.2, -0.15) is 5.10 Å². The highest BCUT2D eigenvalue weighted by Gasteiger charge is 2.16. The molecule has 7 heteroatoms. The Kier molecular flexibility index (Phi) is 4.20. The quantitative estimate of drug-likeness (QED) is 0.790. The molecule has 0 aliphatic carbocycles. The highest BCUT2D eigenvalue weighted by atomic mass is 32.1. The molecule has 118 valence electrons. The maximum Gasteiger partial charge on any atom is 0.249 e. The Balaban J connectivity index is 1.85. The standard InChI is InChI=1S/C16H17N5OS/c1-10(2)15(22)21-9-12(8-18-21)14-11(3)23-16(20-14)19-13-6-4-5-7-17-13/h4-10H,1-3H3,(H,17,19,20). The van der Waals surface area contributed by atoms with E-state index in [0.717, 1.165) is 27.1 Å². The van der Waals surface area contributed by atoms with E-state index in [1.807, 2.05) is 39.0 Å². The Bertz CT molecular complexity index is 822. The molecule has 0 fully saturated rings. The average molecular weight is 327 g/mol. The van der Waals surface area contributed by atoms with E-state index >= 15 is 0 Å². The third-order valence-corrected chi connectivity index (χ3v) is 4.16. The summed E-state index contributed by atoms with van der Waals surface area (Å²) < 4.78 is 1.38. The highest BCUT2D eigenvalue weighted by molar-refractivity contribution is 7.16. The number of rotatable bonds is 4. The van der Waals surface area contributed by atoms with Gasteiger partial charge in [0.15, 0.2) is 5.13 Å². The number of aromatic nitrogens is 4. The molecule has 0 bridgehead atoms. The van der Waals surface area contributed by atoms with E-state index in [9.17, 15) is 4.79 Å². The van der Waals surface area contributed by atoms with Gasteiger partial charge >= 0.3 is 0 Å². The lowest BCUT2D eigenvalue weighted by molar-refractivity contribution is 0.0838. The molecule has 1 N–H and O–H groups in total. The van der Waals surface area contributed by atoms with Crippen molar-refractivity contribution in [3.63, 3.8) is 0 Å². The van der Waals surface area contributed by atoms with E-state index in [-0.39, 0.29) is 11.8 Å². The first-order valence-electron chi connectivity index (χ1n) is 7.29. The maximum absolute atomic E-state index is 12.0. The molecule has 0 aromatic carbocycles. The van der Waals surface area contributed by atoms with Crippen LogP contribution in [0.2, 0.25) is 0 Å². The van der Waals surface area contributed by atoms with Gasteiger partial charge in [-0.15, -0.1) is 11.3 Å². The Hall–Kier alpha value is -2.54. The molecule has 3 aromatic rings. The number of carbonyl (C=O) groups is 1. The summed E-state index contributed by atoms with van der Waals surface area (Å²) in [7, 11) is 0. The minimum absolute atomic E-state index is 0.0315. The maximum atomic E-state index is 12.0. The molecule has 6 nitrogen and oxygen atoms in total. The predicted octanol–water partition coefficient (Wildman–Crippen LogP) is 3.75. The summed E-state index contributed by atoms with van der Waals surface area (Å²) in [6, 6.07) is 5.66. The van der Waals surface area contributed by atoms with Gasteiger partial charge in [0.05, 0.1) is 11.9 Å². The SMILES string of the molecule is Cc1sc(Nc2ccccn2)nc1-c1cnn(C(=O)C(C)C)c1. The Morgan fingerprint density at radius 2 is 2.17 bits per heavy atom. The molecule has 0 unspecified atom stereocenters. The van der Waals surface area contributed by atoms with Crippen molar-refractivity contribution in [2.24, 2.45) is 5.92 Å². The first-order valence-corrected chi connectivity index (χ1v) is 8.11. The molecular formula is C16H17N5OS. The molecule has 0 radical (unpaired) electrons. The van der Waals surface area contributed by atoms with E-state index in [2.05, 4.69) is 20.4 Å². The number of nitrogens with zero attached hydrogens (tertiary/aromatic N) is 4. The molecule has 0 atom stereocenters. The molecule has 0 saturated heterocycles. The normalized spacial score (nSPS) is 11.0. The lowest BCUT2D eigenvalue weighted by Gasteiger charge is -2.01. The number of hydrogen-bond donors (Lipinski definition) is 1. The van der Waals surface area contributed by atoms with Gasteiger partial charge in [-0.05, 0) is 19.1 Å². The van der Waals surface area contributed by atoms with Gasteiger partial charge in [-0.25, -0.2) is 14.6 Å². The number of thiazole rings is 1. The van der Waals surface area contributed by atoms with E-state index in [0.29, 0.717) is 0 Å². The van der Waals surface area contributed by atoms with E-state index in [1.54, 1.807) is 29.9 Å². The van der Waals surface area contributed by atoms with Gasteiger partial charge in [-0.1, -0.05) is 19.9 Å². The number of pyridine rings is 1. The van der Waals surface area contributed by atoms with Crippen LogP contribution in [-0.4, -0.2) is 25.7 Å². The smallest absolute Gasteiger partial charge is 0.249 e. The summed E-state index contributed by atoms with van der Waals surface area (Å²) in [6.07, 6.45) is 5.13. The summed E-state index contributed by atoms with van der Waals surface area (Å²) in [5.74, 6) is 0.620. The summed E-state index contributed by atoms with van der Waals surface area (Å²) in [4.78, 5) is 21.9. The second-order valence-electron chi connectivity index (χ2n) is 5.43. The third-order valence-electron chi connectivity index (χ3n) is 3.27. The topological polar surface area (TPSA) is 72.7 Å². The van der Waals surface area contributed by atoms with Crippen LogP contribution >= 0.6 is 11.3 Å². The van der Waals surface area contributed by atoms with Crippen LogP contribution in [-0.2, 0) is 0 Å². The van der Waals surface area contributed by atoms with Gasteiger partial charge in [0.25, 0.3) is 0 Å². The van der Waals surface area contributed by atoms with Crippen molar-refractivity contribution < 1.29 is 4.79 Å².